The molecule has 0 aliphatic carbocycles. The smallest absolute Gasteiger partial charge is 0.145 e. The third-order valence-corrected chi connectivity index (χ3v) is 5.93. The maximum atomic E-state index is 2.39. The van der Waals surface area contributed by atoms with E-state index in [1.807, 2.05) is 0 Å². The largest absolute Gasteiger partial charge is 0.235 e. The zero-order valence-corrected chi connectivity index (χ0v) is 17.5. The van der Waals surface area contributed by atoms with Crippen LogP contribution >= 0.6 is 11.3 Å². The minimum Gasteiger partial charge on any atom is -0.145 e. The van der Waals surface area contributed by atoms with Crippen molar-refractivity contribution in [2.24, 2.45) is 0 Å². The van der Waals surface area contributed by atoms with Gasteiger partial charge in [-0.1, -0.05) is 80.7 Å². The van der Waals surface area contributed by atoms with Crippen molar-refractivity contribution in [2.75, 3.05) is 0 Å². The monoisotopic (exact) mass is 358 g/mol. The predicted octanol–water partition coefficient (Wildman–Crippen LogP) is 5.46. The highest BCUT2D eigenvalue weighted by atomic mass is 32.1. The second-order valence-electron chi connectivity index (χ2n) is 7.48. The molecule has 0 bridgehead atoms. The van der Waals surface area contributed by atoms with Crippen molar-refractivity contribution in [3.05, 3.63) is 86.0 Å². The minimum absolute atomic E-state index is 0.276. The Kier molecular flexibility index (Phi) is 5.53. The Bertz CT molecular complexity index is 845. The van der Waals surface area contributed by atoms with Crippen LogP contribution in [0.15, 0.2) is 47.8 Å². The van der Waals surface area contributed by atoms with E-state index >= 15 is 0 Å². The van der Waals surface area contributed by atoms with E-state index in [1.165, 1.54) is 49.2 Å². The third kappa shape index (κ3) is 3.86. The fraction of sp³-hybridized carbons (Fsp3) is 0.250. The number of aryl methyl sites for hydroxylation is 6. The van der Waals surface area contributed by atoms with E-state index in [2.05, 4.69) is 95.4 Å². The van der Waals surface area contributed by atoms with Crippen LogP contribution < -0.4 is 10.9 Å². The van der Waals surface area contributed by atoms with Gasteiger partial charge >= 0.3 is 0 Å². The Balaban J connectivity index is 2.21. The summed E-state index contributed by atoms with van der Waals surface area (Å²) in [6.45, 7) is 13.6. The summed E-state index contributed by atoms with van der Waals surface area (Å²) in [5.41, 5.74) is 11.1. The quantitative estimate of drug-likeness (QED) is 0.543. The van der Waals surface area contributed by atoms with Crippen molar-refractivity contribution in [3.63, 3.8) is 0 Å². The van der Waals surface area contributed by atoms with Crippen molar-refractivity contribution in [1.29, 1.82) is 0 Å². The lowest BCUT2D eigenvalue weighted by Crippen LogP contribution is -2.46. The molecular formula is C24H27BS. The normalized spacial score (nSPS) is 11.3. The first-order valence-corrected chi connectivity index (χ1v) is 10.1. The first-order chi connectivity index (χ1) is 12.4. The highest BCUT2D eigenvalue weighted by Gasteiger charge is 2.24. The molecule has 0 unspecified atom stereocenters. The fourth-order valence-electron chi connectivity index (χ4n) is 4.28. The molecule has 0 atom stereocenters. The zero-order chi connectivity index (χ0) is 18.8. The molecule has 0 N–H and O–H groups in total. The second-order valence-corrected chi connectivity index (χ2v) is 8.46. The van der Waals surface area contributed by atoms with Crippen molar-refractivity contribution < 1.29 is 0 Å². The highest BCUT2D eigenvalue weighted by Crippen LogP contribution is 2.15. The van der Waals surface area contributed by atoms with Crippen molar-refractivity contribution in [2.45, 2.75) is 41.5 Å². The number of hydrogen-bond acceptors (Lipinski definition) is 1. The van der Waals surface area contributed by atoms with Gasteiger partial charge in [0.2, 0.25) is 6.71 Å². The average molecular weight is 358 g/mol. The maximum absolute atomic E-state index is 2.39. The lowest BCUT2D eigenvalue weighted by atomic mass is 9.37. The van der Waals surface area contributed by atoms with Crippen LogP contribution in [0.5, 0.6) is 0 Å². The summed E-state index contributed by atoms with van der Waals surface area (Å²) in [6.07, 6.45) is 2.28. The van der Waals surface area contributed by atoms with Gasteiger partial charge in [-0.05, 0) is 53.0 Å². The third-order valence-electron chi connectivity index (χ3n) is 5.09. The zero-order valence-electron chi connectivity index (χ0n) is 16.7. The molecule has 0 nitrogen and oxygen atoms in total. The molecule has 3 aromatic rings. The van der Waals surface area contributed by atoms with Crippen LogP contribution in [-0.2, 0) is 0 Å². The molecule has 1 heterocycles. The van der Waals surface area contributed by atoms with Crippen LogP contribution in [0.3, 0.4) is 0 Å². The molecule has 0 aliphatic rings. The van der Waals surface area contributed by atoms with Crippen LogP contribution in [-0.4, -0.2) is 6.71 Å². The van der Waals surface area contributed by atoms with E-state index in [9.17, 15) is 0 Å². The van der Waals surface area contributed by atoms with E-state index in [4.69, 9.17) is 0 Å². The number of thiophene rings is 1. The van der Waals surface area contributed by atoms with Gasteiger partial charge in [0, 0.05) is 4.88 Å². The van der Waals surface area contributed by atoms with Gasteiger partial charge in [-0.2, -0.15) is 0 Å². The second kappa shape index (κ2) is 7.67. The summed E-state index contributed by atoms with van der Waals surface area (Å²) in [6, 6.07) is 13.5. The average Bonchev–Trinajstić information content (AvgIpc) is 3.03. The topological polar surface area (TPSA) is 0 Å². The Hall–Kier alpha value is -2.06. The summed E-state index contributed by atoms with van der Waals surface area (Å²) >= 11 is 1.79. The predicted molar refractivity (Wildman–Crippen MR) is 120 cm³/mol. The molecule has 0 fully saturated rings. The summed E-state index contributed by atoms with van der Waals surface area (Å²) in [4.78, 5) is 1.31. The van der Waals surface area contributed by atoms with Gasteiger partial charge in [-0.25, -0.2) is 0 Å². The van der Waals surface area contributed by atoms with Crippen LogP contribution in [0.4, 0.5) is 0 Å². The number of hydrogen-bond donors (Lipinski definition) is 0. The van der Waals surface area contributed by atoms with Crippen LogP contribution in [0.2, 0.25) is 0 Å². The Labute approximate surface area is 162 Å². The standard InChI is InChI=1S/C24H27BS/c1-16-12-18(3)23(19(4)13-16)25(10-9-22-8-7-11-26-22)24-20(5)14-17(2)15-21(24)6/h7-15H,1-6H3. The van der Waals surface area contributed by atoms with Gasteiger partial charge in [0.05, 0.1) is 0 Å². The van der Waals surface area contributed by atoms with Gasteiger partial charge in [-0.15, -0.1) is 17.3 Å². The van der Waals surface area contributed by atoms with Crippen LogP contribution in [0.1, 0.15) is 38.3 Å². The fourth-order valence-corrected chi connectivity index (χ4v) is 4.91. The molecule has 26 heavy (non-hydrogen) atoms. The molecule has 0 radical (unpaired) electrons. The molecule has 0 aliphatic heterocycles. The van der Waals surface area contributed by atoms with Crippen LogP contribution in [0, 0.1) is 41.5 Å². The SMILES string of the molecule is Cc1cc(C)c(B(C=Cc2cccs2)c2c(C)cc(C)cc2C)c(C)c1. The first kappa shape index (κ1) is 18.7. The molecule has 0 spiro atoms. The number of benzene rings is 2. The Morgan fingerprint density at radius 2 is 1.19 bits per heavy atom. The van der Waals surface area contributed by atoms with E-state index < -0.39 is 0 Å². The van der Waals surface area contributed by atoms with Crippen molar-refractivity contribution in [1.82, 2.24) is 0 Å². The lowest BCUT2D eigenvalue weighted by molar-refractivity contribution is 1.34. The molecule has 132 valence electrons. The molecule has 1 aromatic heterocycles. The molecule has 0 saturated heterocycles. The van der Waals surface area contributed by atoms with Gasteiger partial charge in [0.25, 0.3) is 0 Å². The van der Waals surface area contributed by atoms with Crippen molar-refractivity contribution >= 4 is 35.1 Å². The molecule has 0 amide bonds. The number of rotatable bonds is 4. The summed E-state index contributed by atoms with van der Waals surface area (Å²) in [5, 5.41) is 2.14. The summed E-state index contributed by atoms with van der Waals surface area (Å²) in [5.74, 6) is 2.39. The van der Waals surface area contributed by atoms with E-state index in [1.54, 1.807) is 11.3 Å². The highest BCUT2D eigenvalue weighted by molar-refractivity contribution is 7.11. The Morgan fingerprint density at radius 1 is 0.731 bits per heavy atom. The van der Waals surface area contributed by atoms with Gasteiger partial charge in [-0.3, -0.25) is 0 Å². The maximum Gasteiger partial charge on any atom is 0.235 e. The Morgan fingerprint density at radius 3 is 1.58 bits per heavy atom. The van der Waals surface area contributed by atoms with Gasteiger partial charge in [0.15, 0.2) is 0 Å². The summed E-state index contributed by atoms with van der Waals surface area (Å²) < 4.78 is 0. The first-order valence-electron chi connectivity index (χ1n) is 9.24. The molecule has 3 rings (SSSR count). The molecule has 2 heteroatoms. The lowest BCUT2D eigenvalue weighted by Gasteiger charge is -2.21. The van der Waals surface area contributed by atoms with Crippen molar-refractivity contribution in [3.8, 4) is 0 Å². The van der Waals surface area contributed by atoms with Crippen LogP contribution in [0.25, 0.3) is 6.08 Å². The molecule has 0 saturated carbocycles. The van der Waals surface area contributed by atoms with E-state index in [-0.39, 0.29) is 6.71 Å². The summed E-state index contributed by atoms with van der Waals surface area (Å²) in [7, 11) is 0. The van der Waals surface area contributed by atoms with E-state index in [0.717, 1.165) is 0 Å². The molecular weight excluding hydrogens is 331 g/mol. The van der Waals surface area contributed by atoms with Gasteiger partial charge < -0.3 is 0 Å². The van der Waals surface area contributed by atoms with Gasteiger partial charge in [0.1, 0.15) is 0 Å². The molecule has 2 aromatic carbocycles. The minimum atomic E-state index is 0.276. The van der Waals surface area contributed by atoms with E-state index in [0.29, 0.717) is 0 Å².